The zero-order valence-corrected chi connectivity index (χ0v) is 18.4. The largest absolute Gasteiger partial charge is 0.342 e. The van der Waals surface area contributed by atoms with E-state index < -0.39 is 0 Å². The number of carbonyl (C=O) groups is 2. The van der Waals surface area contributed by atoms with Gasteiger partial charge in [0.05, 0.1) is 12.6 Å². The first-order valence-corrected chi connectivity index (χ1v) is 10.8. The van der Waals surface area contributed by atoms with Crippen molar-refractivity contribution in [3.05, 3.63) is 0 Å². The van der Waals surface area contributed by atoms with E-state index >= 15 is 0 Å². The molecule has 1 aliphatic carbocycles. The SMILES string of the molecule is Cl.Cl.O=C(CN1CCN(C(=O)C2CC3CCCCC3N2)CC1)N1CCCCC1. The summed E-state index contributed by atoms with van der Waals surface area (Å²) in [5, 5.41) is 3.61. The van der Waals surface area contributed by atoms with Crippen LogP contribution in [0.1, 0.15) is 51.4 Å². The third-order valence-electron chi connectivity index (χ3n) is 6.91. The molecule has 0 bridgehead atoms. The Labute approximate surface area is 181 Å². The van der Waals surface area contributed by atoms with Gasteiger partial charge in [-0.1, -0.05) is 12.8 Å². The molecule has 1 saturated carbocycles. The number of nitrogens with one attached hydrogen (secondary N) is 1. The van der Waals surface area contributed by atoms with Gasteiger partial charge in [0.2, 0.25) is 11.8 Å². The Hall–Kier alpha value is -0.560. The summed E-state index contributed by atoms with van der Waals surface area (Å²) < 4.78 is 0. The molecule has 2 amide bonds. The number of amides is 2. The summed E-state index contributed by atoms with van der Waals surface area (Å²) in [5.74, 6) is 1.27. The second kappa shape index (κ2) is 11.0. The van der Waals surface area contributed by atoms with Crippen molar-refractivity contribution in [3.63, 3.8) is 0 Å². The van der Waals surface area contributed by atoms with E-state index in [0.717, 1.165) is 58.5 Å². The Morgan fingerprint density at radius 1 is 0.786 bits per heavy atom. The van der Waals surface area contributed by atoms with Crippen molar-refractivity contribution in [2.75, 3.05) is 45.8 Å². The van der Waals surface area contributed by atoms with E-state index in [2.05, 4.69) is 10.2 Å². The molecule has 4 fully saturated rings. The van der Waals surface area contributed by atoms with Crippen LogP contribution in [0.15, 0.2) is 0 Å². The highest BCUT2D eigenvalue weighted by Gasteiger charge is 2.40. The average molecular weight is 435 g/mol. The zero-order valence-electron chi connectivity index (χ0n) is 16.8. The van der Waals surface area contributed by atoms with Crippen LogP contribution in [0.2, 0.25) is 0 Å². The molecule has 1 N–H and O–H groups in total. The topological polar surface area (TPSA) is 55.9 Å². The number of carbonyl (C=O) groups excluding carboxylic acids is 2. The van der Waals surface area contributed by atoms with E-state index in [9.17, 15) is 9.59 Å². The van der Waals surface area contributed by atoms with E-state index in [1.54, 1.807) is 0 Å². The highest BCUT2D eigenvalue weighted by Crippen LogP contribution is 2.33. The maximum absolute atomic E-state index is 12.9. The summed E-state index contributed by atoms with van der Waals surface area (Å²) in [6.07, 6.45) is 9.72. The van der Waals surface area contributed by atoms with E-state index in [1.165, 1.54) is 32.1 Å². The van der Waals surface area contributed by atoms with Gasteiger partial charge in [0.1, 0.15) is 0 Å². The van der Waals surface area contributed by atoms with Crippen molar-refractivity contribution in [2.24, 2.45) is 5.92 Å². The van der Waals surface area contributed by atoms with Gasteiger partial charge in [-0.3, -0.25) is 14.5 Å². The number of piperidine rings is 1. The quantitative estimate of drug-likeness (QED) is 0.736. The van der Waals surface area contributed by atoms with Crippen LogP contribution in [0, 0.1) is 5.92 Å². The Kier molecular flexibility index (Phi) is 9.32. The maximum atomic E-state index is 12.9. The van der Waals surface area contributed by atoms with Crippen molar-refractivity contribution in [3.8, 4) is 0 Å². The van der Waals surface area contributed by atoms with Gasteiger partial charge < -0.3 is 15.1 Å². The zero-order chi connectivity index (χ0) is 17.9. The molecule has 0 spiro atoms. The summed E-state index contributed by atoms with van der Waals surface area (Å²) in [6, 6.07) is 0.603. The second-order valence-corrected chi connectivity index (χ2v) is 8.65. The van der Waals surface area contributed by atoms with Crippen LogP contribution in [0.4, 0.5) is 0 Å². The standard InChI is InChI=1S/C20H34N4O2.2ClH/c25-19(23-8-4-1-5-9-23)15-22-10-12-24(13-11-22)20(26)18-14-16-6-2-3-7-17(16)21-18;;/h16-18,21H,1-15H2;2*1H. The van der Waals surface area contributed by atoms with E-state index in [0.29, 0.717) is 24.4 Å². The Balaban J connectivity index is 0.00000140. The van der Waals surface area contributed by atoms with Crippen LogP contribution in [0.3, 0.4) is 0 Å². The fourth-order valence-corrected chi connectivity index (χ4v) is 5.29. The molecule has 0 aromatic carbocycles. The van der Waals surface area contributed by atoms with Crippen molar-refractivity contribution < 1.29 is 9.59 Å². The molecule has 3 atom stereocenters. The molecule has 4 aliphatic rings. The Morgan fingerprint density at radius 3 is 2.14 bits per heavy atom. The summed E-state index contributed by atoms with van der Waals surface area (Å²) >= 11 is 0. The molecule has 4 rings (SSSR count). The third kappa shape index (κ3) is 5.53. The van der Waals surface area contributed by atoms with Gasteiger partial charge in [-0.15, -0.1) is 24.8 Å². The van der Waals surface area contributed by atoms with Gasteiger partial charge in [-0.25, -0.2) is 0 Å². The third-order valence-corrected chi connectivity index (χ3v) is 6.91. The maximum Gasteiger partial charge on any atom is 0.239 e. The van der Waals surface area contributed by atoms with Crippen LogP contribution in [0.5, 0.6) is 0 Å². The number of likely N-dealkylation sites (tertiary alicyclic amines) is 1. The molecule has 162 valence electrons. The van der Waals surface area contributed by atoms with Crippen LogP contribution >= 0.6 is 24.8 Å². The number of rotatable bonds is 3. The lowest BCUT2D eigenvalue weighted by Crippen LogP contribution is -2.55. The minimum Gasteiger partial charge on any atom is -0.342 e. The lowest BCUT2D eigenvalue weighted by atomic mass is 9.85. The smallest absolute Gasteiger partial charge is 0.239 e. The van der Waals surface area contributed by atoms with Crippen LogP contribution in [-0.4, -0.2) is 84.4 Å². The number of hydrogen-bond acceptors (Lipinski definition) is 4. The second-order valence-electron chi connectivity index (χ2n) is 8.65. The minimum atomic E-state index is 0. The molecule has 3 saturated heterocycles. The van der Waals surface area contributed by atoms with Gasteiger partial charge in [0.25, 0.3) is 0 Å². The average Bonchev–Trinajstić information content (AvgIpc) is 3.13. The minimum absolute atomic E-state index is 0. The Morgan fingerprint density at radius 2 is 1.46 bits per heavy atom. The summed E-state index contributed by atoms with van der Waals surface area (Å²) in [5.41, 5.74) is 0. The van der Waals surface area contributed by atoms with E-state index in [4.69, 9.17) is 0 Å². The van der Waals surface area contributed by atoms with Crippen LogP contribution in [0.25, 0.3) is 0 Å². The fourth-order valence-electron chi connectivity index (χ4n) is 5.29. The molecule has 28 heavy (non-hydrogen) atoms. The molecular weight excluding hydrogens is 399 g/mol. The molecule has 0 aromatic heterocycles. The number of piperazine rings is 1. The van der Waals surface area contributed by atoms with Gasteiger partial charge in [-0.05, 0) is 44.4 Å². The van der Waals surface area contributed by atoms with E-state index in [-0.39, 0.29) is 36.8 Å². The van der Waals surface area contributed by atoms with Crippen molar-refractivity contribution in [1.29, 1.82) is 0 Å². The first kappa shape index (κ1) is 23.7. The molecular formula is C20H36Cl2N4O2. The van der Waals surface area contributed by atoms with Crippen molar-refractivity contribution in [1.82, 2.24) is 20.0 Å². The molecule has 3 unspecified atom stereocenters. The first-order valence-electron chi connectivity index (χ1n) is 10.8. The fraction of sp³-hybridized carbons (Fsp3) is 0.900. The Bertz CT molecular complexity index is 508. The number of nitrogens with zero attached hydrogens (tertiary/aromatic N) is 3. The normalized spacial score (nSPS) is 30.8. The predicted molar refractivity (Wildman–Crippen MR) is 115 cm³/mol. The molecule has 0 aromatic rings. The van der Waals surface area contributed by atoms with Crippen molar-refractivity contribution >= 4 is 36.6 Å². The van der Waals surface area contributed by atoms with Crippen molar-refractivity contribution in [2.45, 2.75) is 63.5 Å². The van der Waals surface area contributed by atoms with Gasteiger partial charge in [-0.2, -0.15) is 0 Å². The number of hydrogen-bond donors (Lipinski definition) is 1. The number of fused-ring (bicyclic) bond motifs is 1. The molecule has 0 radical (unpaired) electrons. The molecule has 6 nitrogen and oxygen atoms in total. The van der Waals surface area contributed by atoms with Gasteiger partial charge in [0.15, 0.2) is 0 Å². The van der Waals surface area contributed by atoms with Gasteiger partial charge >= 0.3 is 0 Å². The molecule has 8 heteroatoms. The van der Waals surface area contributed by atoms with Gasteiger partial charge in [0, 0.05) is 45.3 Å². The lowest BCUT2D eigenvalue weighted by Gasteiger charge is -2.37. The highest BCUT2D eigenvalue weighted by atomic mass is 35.5. The summed E-state index contributed by atoms with van der Waals surface area (Å²) in [4.78, 5) is 31.6. The van der Waals surface area contributed by atoms with E-state index in [1.807, 2.05) is 9.80 Å². The summed E-state index contributed by atoms with van der Waals surface area (Å²) in [6.45, 7) is 5.54. The first-order chi connectivity index (χ1) is 12.7. The highest BCUT2D eigenvalue weighted by molar-refractivity contribution is 5.85. The molecule has 3 aliphatic heterocycles. The monoisotopic (exact) mass is 434 g/mol. The van der Waals surface area contributed by atoms with Crippen LogP contribution in [-0.2, 0) is 9.59 Å². The lowest BCUT2D eigenvalue weighted by molar-refractivity contribution is -0.136. The molecule has 3 heterocycles. The summed E-state index contributed by atoms with van der Waals surface area (Å²) in [7, 11) is 0. The number of halogens is 2. The predicted octanol–water partition coefficient (Wildman–Crippen LogP) is 1.91. The van der Waals surface area contributed by atoms with Crippen LogP contribution < -0.4 is 5.32 Å².